The third-order valence-electron chi connectivity index (χ3n) is 4.12. The molecule has 2 rings (SSSR count). The Hall–Kier alpha value is -1.74. The van der Waals surface area contributed by atoms with Crippen LogP contribution in [0.15, 0.2) is 46.0 Å². The molecule has 0 aliphatic heterocycles. The van der Waals surface area contributed by atoms with Gasteiger partial charge in [0.15, 0.2) is 5.96 Å². The minimum atomic E-state index is -1.14. The fraction of sp³-hybridized carbons (Fsp3) is 0.450. The van der Waals surface area contributed by atoms with Crippen molar-refractivity contribution in [1.82, 2.24) is 10.6 Å². The molecule has 1 heterocycles. The molecule has 0 bridgehead atoms. The molecule has 0 saturated carbocycles. The molecular formula is C20H30IN3O3. The molecule has 6 nitrogen and oxygen atoms in total. The molecule has 1 unspecified atom stereocenters. The highest BCUT2D eigenvalue weighted by Crippen LogP contribution is 2.21. The molecule has 1 atom stereocenters. The van der Waals surface area contributed by atoms with Crippen molar-refractivity contribution in [3.8, 4) is 5.75 Å². The monoisotopic (exact) mass is 487 g/mol. The van der Waals surface area contributed by atoms with Gasteiger partial charge in [-0.1, -0.05) is 12.1 Å². The minimum Gasteiger partial charge on any atom is -0.496 e. The van der Waals surface area contributed by atoms with Gasteiger partial charge in [0.05, 0.1) is 19.9 Å². The van der Waals surface area contributed by atoms with Crippen LogP contribution in [0.1, 0.15) is 30.7 Å². The lowest BCUT2D eigenvalue weighted by molar-refractivity contribution is 0.0437. The number of aliphatic hydroxyl groups is 1. The highest BCUT2D eigenvalue weighted by atomic mass is 127. The Morgan fingerprint density at radius 2 is 2.07 bits per heavy atom. The van der Waals surface area contributed by atoms with Crippen molar-refractivity contribution in [1.29, 1.82) is 0 Å². The second-order valence-corrected chi connectivity index (χ2v) is 6.43. The SMILES string of the molecule is CCNC(=NCC(C)(O)c1ccco1)NCCc1ccc(C)c(OC)c1.I. The summed E-state index contributed by atoms with van der Waals surface area (Å²) in [5.41, 5.74) is 1.17. The van der Waals surface area contributed by atoms with Crippen LogP contribution >= 0.6 is 24.0 Å². The van der Waals surface area contributed by atoms with Gasteiger partial charge in [-0.05, 0) is 56.5 Å². The van der Waals surface area contributed by atoms with E-state index in [1.165, 1.54) is 5.56 Å². The summed E-state index contributed by atoms with van der Waals surface area (Å²) in [5, 5.41) is 17.0. The summed E-state index contributed by atoms with van der Waals surface area (Å²) in [6.45, 7) is 7.40. The third-order valence-corrected chi connectivity index (χ3v) is 4.12. The summed E-state index contributed by atoms with van der Waals surface area (Å²) in [5.74, 6) is 2.07. The molecule has 150 valence electrons. The lowest BCUT2D eigenvalue weighted by Crippen LogP contribution is -2.39. The summed E-state index contributed by atoms with van der Waals surface area (Å²) in [4.78, 5) is 4.48. The predicted molar refractivity (Wildman–Crippen MR) is 119 cm³/mol. The van der Waals surface area contributed by atoms with Crippen molar-refractivity contribution in [2.75, 3.05) is 26.7 Å². The average Bonchev–Trinajstić information content (AvgIpc) is 3.17. The molecule has 1 aromatic heterocycles. The molecule has 3 N–H and O–H groups in total. The fourth-order valence-corrected chi connectivity index (χ4v) is 2.58. The topological polar surface area (TPSA) is 79.0 Å². The van der Waals surface area contributed by atoms with Crippen LogP contribution in [-0.4, -0.2) is 37.8 Å². The third kappa shape index (κ3) is 7.06. The Morgan fingerprint density at radius 1 is 1.30 bits per heavy atom. The zero-order valence-electron chi connectivity index (χ0n) is 16.4. The normalized spacial score (nSPS) is 13.4. The number of nitrogens with one attached hydrogen (secondary N) is 2. The van der Waals surface area contributed by atoms with Crippen LogP contribution in [0, 0.1) is 6.92 Å². The number of benzene rings is 1. The van der Waals surface area contributed by atoms with Crippen molar-refractivity contribution < 1.29 is 14.3 Å². The summed E-state index contributed by atoms with van der Waals surface area (Å²) < 4.78 is 10.7. The second-order valence-electron chi connectivity index (χ2n) is 6.43. The molecule has 0 fully saturated rings. The highest BCUT2D eigenvalue weighted by Gasteiger charge is 2.26. The first kappa shape index (κ1) is 23.3. The van der Waals surface area contributed by atoms with Gasteiger partial charge in [0.2, 0.25) is 0 Å². The first-order valence-corrected chi connectivity index (χ1v) is 8.88. The number of furan rings is 1. The van der Waals surface area contributed by atoms with E-state index in [1.807, 2.05) is 13.8 Å². The fourth-order valence-electron chi connectivity index (χ4n) is 2.58. The lowest BCUT2D eigenvalue weighted by Gasteiger charge is -2.19. The van der Waals surface area contributed by atoms with Crippen LogP contribution in [-0.2, 0) is 12.0 Å². The molecule has 0 radical (unpaired) electrons. The first-order chi connectivity index (χ1) is 12.5. The van der Waals surface area contributed by atoms with E-state index in [1.54, 1.807) is 32.4 Å². The van der Waals surface area contributed by atoms with Crippen LogP contribution < -0.4 is 15.4 Å². The molecule has 0 aliphatic carbocycles. The number of guanidine groups is 1. The maximum Gasteiger partial charge on any atom is 0.191 e. The van der Waals surface area contributed by atoms with Gasteiger partial charge in [0.25, 0.3) is 0 Å². The summed E-state index contributed by atoms with van der Waals surface area (Å²) in [6, 6.07) is 9.73. The highest BCUT2D eigenvalue weighted by molar-refractivity contribution is 14.0. The minimum absolute atomic E-state index is 0. The number of nitrogens with zero attached hydrogens (tertiary/aromatic N) is 1. The number of aliphatic imine (C=N–C) groups is 1. The summed E-state index contributed by atoms with van der Waals surface area (Å²) in [7, 11) is 1.69. The quantitative estimate of drug-likeness (QED) is 0.303. The molecule has 7 heteroatoms. The van der Waals surface area contributed by atoms with Gasteiger partial charge < -0.3 is 24.9 Å². The molecule has 0 spiro atoms. The van der Waals surface area contributed by atoms with E-state index < -0.39 is 5.60 Å². The zero-order valence-corrected chi connectivity index (χ0v) is 18.7. The van der Waals surface area contributed by atoms with Gasteiger partial charge in [-0.2, -0.15) is 0 Å². The first-order valence-electron chi connectivity index (χ1n) is 8.88. The number of ether oxygens (including phenoxy) is 1. The van der Waals surface area contributed by atoms with E-state index in [2.05, 4.69) is 33.8 Å². The van der Waals surface area contributed by atoms with Gasteiger partial charge in [0.1, 0.15) is 17.1 Å². The second kappa shape index (κ2) is 11.2. The van der Waals surface area contributed by atoms with Crippen molar-refractivity contribution >= 4 is 29.9 Å². The standard InChI is InChI=1S/C20H29N3O3.HI/c1-5-21-19(23-14-20(3,24)18-7-6-12-26-18)22-11-10-16-9-8-15(2)17(13-16)25-4;/h6-9,12-13,24H,5,10-11,14H2,1-4H3,(H2,21,22,23);1H. The van der Waals surface area contributed by atoms with Gasteiger partial charge in [-0.3, -0.25) is 0 Å². The number of methoxy groups -OCH3 is 1. The van der Waals surface area contributed by atoms with E-state index >= 15 is 0 Å². The van der Waals surface area contributed by atoms with E-state index in [0.29, 0.717) is 11.7 Å². The maximum absolute atomic E-state index is 10.5. The number of hydrogen-bond donors (Lipinski definition) is 3. The Labute approximate surface area is 178 Å². The Bertz CT molecular complexity index is 715. The Balaban J connectivity index is 0.00000364. The molecule has 0 saturated heterocycles. The molecule has 2 aromatic rings. The molecule has 27 heavy (non-hydrogen) atoms. The average molecular weight is 487 g/mol. The molecular weight excluding hydrogens is 457 g/mol. The van der Waals surface area contributed by atoms with Crippen LogP contribution in [0.25, 0.3) is 0 Å². The van der Waals surface area contributed by atoms with Gasteiger partial charge in [-0.25, -0.2) is 4.99 Å². The maximum atomic E-state index is 10.5. The van der Waals surface area contributed by atoms with Crippen LogP contribution in [0.3, 0.4) is 0 Å². The molecule has 1 aromatic carbocycles. The van der Waals surface area contributed by atoms with Crippen molar-refractivity contribution in [2.24, 2.45) is 4.99 Å². The van der Waals surface area contributed by atoms with Gasteiger partial charge in [-0.15, -0.1) is 24.0 Å². The summed E-state index contributed by atoms with van der Waals surface area (Å²) in [6.07, 6.45) is 2.39. The number of rotatable bonds is 8. The largest absolute Gasteiger partial charge is 0.496 e. The Kier molecular flexibility index (Phi) is 9.65. The Morgan fingerprint density at radius 3 is 2.70 bits per heavy atom. The van der Waals surface area contributed by atoms with E-state index in [4.69, 9.17) is 9.15 Å². The molecule has 0 aliphatic rings. The van der Waals surface area contributed by atoms with E-state index in [-0.39, 0.29) is 30.5 Å². The van der Waals surface area contributed by atoms with Crippen molar-refractivity contribution in [2.45, 2.75) is 32.8 Å². The van der Waals surface area contributed by atoms with Crippen LogP contribution in [0.4, 0.5) is 0 Å². The number of aryl methyl sites for hydroxylation is 1. The summed E-state index contributed by atoms with van der Waals surface area (Å²) >= 11 is 0. The van der Waals surface area contributed by atoms with Crippen LogP contribution in [0.5, 0.6) is 5.75 Å². The van der Waals surface area contributed by atoms with Gasteiger partial charge in [0, 0.05) is 13.1 Å². The van der Waals surface area contributed by atoms with E-state index in [0.717, 1.165) is 30.8 Å². The zero-order chi connectivity index (χ0) is 19.0. The smallest absolute Gasteiger partial charge is 0.191 e. The van der Waals surface area contributed by atoms with Crippen LogP contribution in [0.2, 0.25) is 0 Å². The predicted octanol–water partition coefficient (Wildman–Crippen LogP) is 3.22. The van der Waals surface area contributed by atoms with Gasteiger partial charge >= 0.3 is 0 Å². The number of halogens is 1. The molecule has 0 amide bonds. The van der Waals surface area contributed by atoms with Crippen molar-refractivity contribution in [3.05, 3.63) is 53.5 Å². The van der Waals surface area contributed by atoms with E-state index in [9.17, 15) is 5.11 Å². The van der Waals surface area contributed by atoms with Crippen molar-refractivity contribution in [3.63, 3.8) is 0 Å². The number of hydrogen-bond acceptors (Lipinski definition) is 4. The lowest BCUT2D eigenvalue weighted by atomic mass is 10.0.